The van der Waals surface area contributed by atoms with Crippen molar-refractivity contribution in [2.45, 2.75) is 24.8 Å². The second-order valence-electron chi connectivity index (χ2n) is 4.36. The summed E-state index contributed by atoms with van der Waals surface area (Å²) in [7, 11) is -3.80. The molecule has 0 bridgehead atoms. The summed E-state index contributed by atoms with van der Waals surface area (Å²) in [6.07, 6.45) is 0. The van der Waals surface area contributed by atoms with Crippen LogP contribution in [0.1, 0.15) is 23.0 Å². The van der Waals surface area contributed by atoms with Crippen molar-refractivity contribution in [1.29, 1.82) is 5.26 Å². The number of nitrogens with one attached hydrogen (secondary N) is 2. The van der Waals surface area contributed by atoms with Crippen LogP contribution < -0.4 is 4.72 Å². The topological polar surface area (TPSA) is 98.6 Å². The second-order valence-corrected chi connectivity index (χ2v) is 6.01. The van der Waals surface area contributed by atoms with E-state index in [-0.39, 0.29) is 4.90 Å². The van der Waals surface area contributed by atoms with Crippen LogP contribution in [0.4, 0.5) is 0 Å². The lowest BCUT2D eigenvalue weighted by Gasteiger charge is -2.12. The number of aromatic amines is 1. The van der Waals surface area contributed by atoms with Gasteiger partial charge in [-0.2, -0.15) is 15.1 Å². The molecule has 2 N–H and O–H groups in total. The number of hydrogen-bond donors (Lipinski definition) is 2. The quantitative estimate of drug-likeness (QED) is 0.892. The lowest BCUT2D eigenvalue weighted by atomic mass is 10.1. The summed E-state index contributed by atoms with van der Waals surface area (Å²) in [6, 6.07) is 9.73. The first kappa shape index (κ1) is 14.2. The summed E-state index contributed by atoms with van der Waals surface area (Å²) in [4.78, 5) is 0.0914. The fourth-order valence-corrected chi connectivity index (χ4v) is 3.47. The maximum absolute atomic E-state index is 12.4. The van der Waals surface area contributed by atoms with E-state index in [1.165, 1.54) is 0 Å². The van der Waals surface area contributed by atoms with Gasteiger partial charge in [0, 0.05) is 0 Å². The fraction of sp³-hybridized carbons (Fsp3) is 0.231. The van der Waals surface area contributed by atoms with E-state index in [1.54, 1.807) is 44.2 Å². The van der Waals surface area contributed by atoms with Crippen LogP contribution in [0.2, 0.25) is 0 Å². The van der Waals surface area contributed by atoms with E-state index in [1.807, 2.05) is 6.07 Å². The molecule has 1 aromatic carbocycles. The van der Waals surface area contributed by atoms with Gasteiger partial charge >= 0.3 is 0 Å². The summed E-state index contributed by atoms with van der Waals surface area (Å²) in [6.45, 7) is 3.22. The van der Waals surface area contributed by atoms with Gasteiger partial charge < -0.3 is 0 Å². The van der Waals surface area contributed by atoms with Crippen molar-refractivity contribution < 1.29 is 8.42 Å². The molecule has 0 spiro atoms. The van der Waals surface area contributed by atoms with Crippen molar-refractivity contribution in [2.24, 2.45) is 0 Å². The van der Waals surface area contributed by atoms with Gasteiger partial charge in [0.05, 0.1) is 17.5 Å². The van der Waals surface area contributed by atoms with Gasteiger partial charge in [0.15, 0.2) is 0 Å². The van der Waals surface area contributed by atoms with Gasteiger partial charge in [-0.15, -0.1) is 0 Å². The molecule has 0 aliphatic rings. The molecular formula is C13H14N4O2S. The molecule has 20 heavy (non-hydrogen) atoms. The number of sulfonamides is 1. The Balaban J connectivity index is 2.36. The number of H-pyrrole nitrogens is 1. The summed E-state index contributed by atoms with van der Waals surface area (Å²) in [5.41, 5.74) is 1.41. The minimum absolute atomic E-state index is 0.0914. The molecule has 0 aliphatic carbocycles. The first-order valence-corrected chi connectivity index (χ1v) is 7.42. The standard InChI is InChI=1S/C13H14N4O2S/c1-9-13(10(2)16-15-9)20(18,19)17-12(8-14)11-6-4-3-5-7-11/h3-7,12,17H,1-2H3,(H,15,16). The Morgan fingerprint density at radius 2 is 1.95 bits per heavy atom. The van der Waals surface area contributed by atoms with Gasteiger partial charge in [0.2, 0.25) is 10.0 Å². The van der Waals surface area contributed by atoms with Crippen molar-refractivity contribution in [1.82, 2.24) is 14.9 Å². The Bertz CT molecular complexity index is 725. The van der Waals surface area contributed by atoms with E-state index in [0.717, 1.165) is 0 Å². The molecule has 0 aliphatic heterocycles. The lowest BCUT2D eigenvalue weighted by Crippen LogP contribution is -2.28. The Hall–Kier alpha value is -2.17. The highest BCUT2D eigenvalue weighted by Crippen LogP contribution is 2.20. The van der Waals surface area contributed by atoms with Crippen LogP contribution in [-0.2, 0) is 10.0 Å². The second kappa shape index (κ2) is 5.45. The largest absolute Gasteiger partial charge is 0.281 e. The first-order valence-electron chi connectivity index (χ1n) is 5.94. The number of nitriles is 1. The summed E-state index contributed by atoms with van der Waals surface area (Å²) in [5.74, 6) is 0. The highest BCUT2D eigenvalue weighted by atomic mass is 32.2. The van der Waals surface area contributed by atoms with Crippen molar-refractivity contribution in [3.05, 3.63) is 47.3 Å². The zero-order valence-corrected chi connectivity index (χ0v) is 11.9. The number of benzene rings is 1. The maximum atomic E-state index is 12.4. The molecule has 1 heterocycles. The molecule has 6 nitrogen and oxygen atoms in total. The zero-order chi connectivity index (χ0) is 14.8. The van der Waals surface area contributed by atoms with E-state index >= 15 is 0 Å². The number of aryl methyl sites for hydroxylation is 2. The minimum Gasteiger partial charge on any atom is -0.281 e. The Morgan fingerprint density at radius 1 is 1.30 bits per heavy atom. The van der Waals surface area contributed by atoms with E-state index < -0.39 is 16.1 Å². The SMILES string of the molecule is Cc1n[nH]c(C)c1S(=O)(=O)NC(C#N)c1ccccc1. The average Bonchev–Trinajstić information content (AvgIpc) is 2.77. The van der Waals surface area contributed by atoms with E-state index in [2.05, 4.69) is 14.9 Å². The van der Waals surface area contributed by atoms with Gasteiger partial charge in [-0.05, 0) is 19.4 Å². The van der Waals surface area contributed by atoms with Gasteiger partial charge in [-0.25, -0.2) is 8.42 Å². The molecule has 0 amide bonds. The third-order valence-corrected chi connectivity index (χ3v) is 4.55. The monoisotopic (exact) mass is 290 g/mol. The zero-order valence-electron chi connectivity index (χ0n) is 11.1. The van der Waals surface area contributed by atoms with Gasteiger partial charge in [0.25, 0.3) is 0 Å². The Labute approximate surface area is 117 Å². The van der Waals surface area contributed by atoms with E-state index in [4.69, 9.17) is 0 Å². The van der Waals surface area contributed by atoms with Crippen LogP contribution in [0.25, 0.3) is 0 Å². The smallest absolute Gasteiger partial charge is 0.245 e. The molecule has 104 valence electrons. The van der Waals surface area contributed by atoms with E-state index in [9.17, 15) is 13.7 Å². The molecule has 0 saturated carbocycles. The maximum Gasteiger partial charge on any atom is 0.245 e. The van der Waals surface area contributed by atoms with Crippen LogP contribution in [-0.4, -0.2) is 18.6 Å². The van der Waals surface area contributed by atoms with Crippen LogP contribution >= 0.6 is 0 Å². The number of aromatic nitrogens is 2. The number of hydrogen-bond acceptors (Lipinski definition) is 4. The average molecular weight is 290 g/mol. The predicted octanol–water partition coefficient (Wildman–Crippen LogP) is 1.57. The van der Waals surface area contributed by atoms with Crippen LogP contribution in [0.5, 0.6) is 0 Å². The van der Waals surface area contributed by atoms with Gasteiger partial charge in [-0.1, -0.05) is 30.3 Å². The molecule has 7 heteroatoms. The van der Waals surface area contributed by atoms with Crippen LogP contribution in [0.15, 0.2) is 35.2 Å². The molecule has 0 saturated heterocycles. The van der Waals surface area contributed by atoms with Crippen molar-refractivity contribution >= 4 is 10.0 Å². The molecule has 1 aromatic heterocycles. The molecular weight excluding hydrogens is 276 g/mol. The van der Waals surface area contributed by atoms with Crippen molar-refractivity contribution in [3.8, 4) is 6.07 Å². The summed E-state index contributed by atoms with van der Waals surface area (Å²) in [5, 5.41) is 15.7. The highest BCUT2D eigenvalue weighted by molar-refractivity contribution is 7.89. The Kier molecular flexibility index (Phi) is 3.88. The van der Waals surface area contributed by atoms with Crippen molar-refractivity contribution in [3.63, 3.8) is 0 Å². The number of nitrogens with zero attached hydrogens (tertiary/aromatic N) is 2. The molecule has 2 rings (SSSR count). The van der Waals surface area contributed by atoms with Crippen LogP contribution in [0.3, 0.4) is 0 Å². The first-order chi connectivity index (χ1) is 9.45. The normalized spacial score (nSPS) is 12.8. The van der Waals surface area contributed by atoms with Gasteiger partial charge in [-0.3, -0.25) is 5.10 Å². The van der Waals surface area contributed by atoms with Crippen LogP contribution in [0, 0.1) is 25.2 Å². The predicted molar refractivity (Wildman–Crippen MR) is 73.2 cm³/mol. The molecule has 1 unspecified atom stereocenters. The number of rotatable bonds is 4. The molecule has 0 radical (unpaired) electrons. The summed E-state index contributed by atoms with van der Waals surface area (Å²) >= 11 is 0. The fourth-order valence-electron chi connectivity index (χ4n) is 1.97. The minimum atomic E-state index is -3.80. The molecule has 0 fully saturated rings. The third kappa shape index (κ3) is 2.71. The highest BCUT2D eigenvalue weighted by Gasteiger charge is 2.26. The van der Waals surface area contributed by atoms with E-state index in [0.29, 0.717) is 17.0 Å². The van der Waals surface area contributed by atoms with Crippen molar-refractivity contribution in [2.75, 3.05) is 0 Å². The lowest BCUT2D eigenvalue weighted by molar-refractivity contribution is 0.574. The van der Waals surface area contributed by atoms with Gasteiger partial charge in [0.1, 0.15) is 10.9 Å². The summed E-state index contributed by atoms with van der Waals surface area (Å²) < 4.78 is 27.1. The molecule has 1 atom stereocenters. The molecule has 2 aromatic rings. The Morgan fingerprint density at radius 3 is 2.45 bits per heavy atom. The third-order valence-electron chi connectivity index (χ3n) is 2.86.